The number of hydrogen-bond acceptors (Lipinski definition) is 4. The van der Waals surface area contributed by atoms with Crippen LogP contribution in [0.1, 0.15) is 32.9 Å². The number of nitrogens with zero attached hydrogens (tertiary/aromatic N) is 1. The Morgan fingerprint density at radius 3 is 2.95 bits per heavy atom. The fraction of sp³-hybridized carbons (Fsp3) is 0.467. The maximum Gasteiger partial charge on any atom is 0.262 e. The van der Waals surface area contributed by atoms with Gasteiger partial charge >= 0.3 is 0 Å². The average Bonchev–Trinajstić information content (AvgIpc) is 2.97. The van der Waals surface area contributed by atoms with Gasteiger partial charge in [0.15, 0.2) is 0 Å². The Labute approximate surface area is 122 Å². The molecule has 1 aliphatic rings. The molecule has 0 aliphatic carbocycles. The molecule has 1 amide bonds. The summed E-state index contributed by atoms with van der Waals surface area (Å²) in [6.07, 6.45) is 0.895. The highest BCUT2D eigenvalue weighted by molar-refractivity contribution is 7.20. The maximum atomic E-state index is 12.4. The van der Waals surface area contributed by atoms with E-state index in [-0.39, 0.29) is 11.9 Å². The van der Waals surface area contributed by atoms with Crippen LogP contribution >= 0.6 is 11.3 Å². The van der Waals surface area contributed by atoms with E-state index in [1.165, 1.54) is 16.9 Å². The van der Waals surface area contributed by atoms with Crippen molar-refractivity contribution in [3.8, 4) is 0 Å². The highest BCUT2D eigenvalue weighted by Crippen LogP contribution is 2.32. The molecule has 1 fully saturated rings. The third-order valence-electron chi connectivity index (χ3n) is 3.70. The van der Waals surface area contributed by atoms with Gasteiger partial charge in [-0.3, -0.25) is 4.79 Å². The van der Waals surface area contributed by atoms with Crippen molar-refractivity contribution in [1.82, 2.24) is 10.3 Å². The fourth-order valence-electron chi connectivity index (χ4n) is 2.74. The number of aryl methyl sites for hydroxylation is 3. The van der Waals surface area contributed by atoms with Gasteiger partial charge in [0, 0.05) is 17.7 Å². The number of fused-ring (bicyclic) bond motifs is 1. The molecule has 2 aromatic rings. The quantitative estimate of drug-likeness (QED) is 0.925. The van der Waals surface area contributed by atoms with Gasteiger partial charge in [-0.05, 0) is 44.4 Å². The number of carbonyl (C=O) groups excluding carboxylic acids is 1. The number of pyridine rings is 1. The predicted molar refractivity (Wildman–Crippen MR) is 80.5 cm³/mol. The lowest BCUT2D eigenvalue weighted by Crippen LogP contribution is -2.34. The van der Waals surface area contributed by atoms with E-state index in [1.54, 1.807) is 0 Å². The average molecular weight is 290 g/mol. The Hall–Kier alpha value is -1.46. The van der Waals surface area contributed by atoms with Crippen LogP contribution < -0.4 is 5.32 Å². The van der Waals surface area contributed by atoms with Crippen molar-refractivity contribution in [2.24, 2.45) is 0 Å². The smallest absolute Gasteiger partial charge is 0.262 e. The summed E-state index contributed by atoms with van der Waals surface area (Å²) in [5.41, 5.74) is 3.21. The highest BCUT2D eigenvalue weighted by atomic mass is 32.1. The van der Waals surface area contributed by atoms with Crippen LogP contribution in [0.4, 0.5) is 0 Å². The van der Waals surface area contributed by atoms with Crippen LogP contribution in [0, 0.1) is 20.8 Å². The molecular weight excluding hydrogens is 272 g/mol. The molecule has 2 aromatic heterocycles. The lowest BCUT2D eigenvalue weighted by atomic mass is 10.1. The normalized spacial score (nSPS) is 18.6. The highest BCUT2D eigenvalue weighted by Gasteiger charge is 2.22. The first-order valence-corrected chi connectivity index (χ1v) is 7.64. The molecule has 1 N–H and O–H groups in total. The zero-order valence-corrected chi connectivity index (χ0v) is 12.8. The minimum Gasteiger partial charge on any atom is -0.379 e. The largest absolute Gasteiger partial charge is 0.379 e. The van der Waals surface area contributed by atoms with E-state index in [0.717, 1.165) is 39.4 Å². The maximum absolute atomic E-state index is 12.4. The molecule has 0 saturated carbocycles. The number of hydrogen-bond donors (Lipinski definition) is 1. The Balaban J connectivity index is 1.97. The van der Waals surface area contributed by atoms with Crippen molar-refractivity contribution < 1.29 is 9.53 Å². The Bertz CT molecular complexity index is 672. The monoisotopic (exact) mass is 290 g/mol. The minimum absolute atomic E-state index is 0.00180. The first-order chi connectivity index (χ1) is 9.56. The van der Waals surface area contributed by atoms with Gasteiger partial charge in [0.2, 0.25) is 0 Å². The topological polar surface area (TPSA) is 51.2 Å². The number of ether oxygens (including phenoxy) is 1. The third-order valence-corrected chi connectivity index (χ3v) is 4.88. The van der Waals surface area contributed by atoms with Crippen LogP contribution in [0.3, 0.4) is 0 Å². The number of rotatable bonds is 2. The van der Waals surface area contributed by atoms with Gasteiger partial charge in [0.05, 0.1) is 17.5 Å². The Morgan fingerprint density at radius 1 is 1.45 bits per heavy atom. The van der Waals surface area contributed by atoms with E-state index in [4.69, 9.17) is 4.74 Å². The second kappa shape index (κ2) is 5.14. The summed E-state index contributed by atoms with van der Waals surface area (Å²) in [5, 5.41) is 4.17. The molecule has 0 radical (unpaired) electrons. The molecule has 106 valence electrons. The molecule has 0 bridgehead atoms. The summed E-state index contributed by atoms with van der Waals surface area (Å²) in [6, 6.07) is 2.21. The third kappa shape index (κ3) is 2.31. The number of aromatic nitrogens is 1. The summed E-state index contributed by atoms with van der Waals surface area (Å²) in [5.74, 6) is -0.00180. The lowest BCUT2D eigenvalue weighted by Gasteiger charge is -2.09. The van der Waals surface area contributed by atoms with Crippen molar-refractivity contribution >= 4 is 27.5 Å². The van der Waals surface area contributed by atoms with E-state index in [0.29, 0.717) is 6.61 Å². The van der Waals surface area contributed by atoms with Gasteiger partial charge in [-0.15, -0.1) is 11.3 Å². The number of carbonyl (C=O) groups is 1. The molecule has 0 spiro atoms. The van der Waals surface area contributed by atoms with Crippen molar-refractivity contribution in [2.75, 3.05) is 13.2 Å². The van der Waals surface area contributed by atoms with Crippen molar-refractivity contribution in [1.29, 1.82) is 0 Å². The Kier molecular flexibility index (Phi) is 3.48. The van der Waals surface area contributed by atoms with Crippen molar-refractivity contribution in [3.05, 3.63) is 27.8 Å². The molecule has 0 aromatic carbocycles. The zero-order chi connectivity index (χ0) is 14.3. The summed E-state index contributed by atoms with van der Waals surface area (Å²) in [6.45, 7) is 7.41. The summed E-state index contributed by atoms with van der Waals surface area (Å²) < 4.78 is 5.29. The van der Waals surface area contributed by atoms with Crippen LogP contribution in [0.5, 0.6) is 0 Å². The first kappa shape index (κ1) is 13.5. The molecule has 20 heavy (non-hydrogen) atoms. The number of thiophene rings is 1. The van der Waals surface area contributed by atoms with Crippen LogP contribution in [0.15, 0.2) is 6.07 Å². The van der Waals surface area contributed by atoms with Crippen LogP contribution in [-0.4, -0.2) is 30.1 Å². The molecule has 4 nitrogen and oxygen atoms in total. The molecule has 1 aliphatic heterocycles. The van der Waals surface area contributed by atoms with Gasteiger partial charge in [0.1, 0.15) is 4.83 Å². The molecule has 0 unspecified atom stereocenters. The SMILES string of the molecule is Cc1cc(C)c2c(C)c(C(=O)N[C@@H]3CCOC3)sc2n1. The molecule has 1 atom stereocenters. The van der Waals surface area contributed by atoms with E-state index in [2.05, 4.69) is 23.3 Å². The minimum atomic E-state index is -0.00180. The summed E-state index contributed by atoms with van der Waals surface area (Å²) in [4.78, 5) is 18.7. The van der Waals surface area contributed by atoms with Gasteiger partial charge in [-0.25, -0.2) is 4.98 Å². The van der Waals surface area contributed by atoms with E-state index >= 15 is 0 Å². The second-order valence-electron chi connectivity index (χ2n) is 5.35. The molecule has 1 saturated heterocycles. The van der Waals surface area contributed by atoms with Gasteiger partial charge in [0.25, 0.3) is 5.91 Å². The second-order valence-corrected chi connectivity index (χ2v) is 6.35. The van der Waals surface area contributed by atoms with Crippen molar-refractivity contribution in [2.45, 2.75) is 33.2 Å². The summed E-state index contributed by atoms with van der Waals surface area (Å²) >= 11 is 1.48. The molecular formula is C15H18N2O2S. The Morgan fingerprint density at radius 2 is 2.25 bits per heavy atom. The predicted octanol–water partition coefficient (Wildman–Crippen LogP) is 2.74. The molecule has 3 rings (SSSR count). The fourth-order valence-corrected chi connectivity index (χ4v) is 3.94. The van der Waals surface area contributed by atoms with Crippen LogP contribution in [0.25, 0.3) is 10.2 Å². The molecule has 5 heteroatoms. The van der Waals surface area contributed by atoms with Crippen LogP contribution in [0.2, 0.25) is 0 Å². The van der Waals surface area contributed by atoms with Gasteiger partial charge < -0.3 is 10.1 Å². The molecule has 3 heterocycles. The standard InChI is InChI=1S/C15H18N2O2S/c1-8-6-9(2)16-15-12(8)10(3)13(20-15)14(18)17-11-4-5-19-7-11/h6,11H,4-5,7H2,1-3H3,(H,17,18)/t11-/m1/s1. The van der Waals surface area contributed by atoms with E-state index < -0.39 is 0 Å². The van der Waals surface area contributed by atoms with E-state index in [1.807, 2.05) is 13.8 Å². The van der Waals surface area contributed by atoms with Gasteiger partial charge in [-0.2, -0.15) is 0 Å². The van der Waals surface area contributed by atoms with Crippen molar-refractivity contribution in [3.63, 3.8) is 0 Å². The number of amides is 1. The van der Waals surface area contributed by atoms with Gasteiger partial charge in [-0.1, -0.05) is 0 Å². The first-order valence-electron chi connectivity index (χ1n) is 6.82. The summed E-state index contributed by atoms with van der Waals surface area (Å²) in [7, 11) is 0. The zero-order valence-electron chi connectivity index (χ0n) is 11.9. The number of nitrogens with one attached hydrogen (secondary N) is 1. The van der Waals surface area contributed by atoms with Crippen LogP contribution in [-0.2, 0) is 4.74 Å². The van der Waals surface area contributed by atoms with E-state index in [9.17, 15) is 4.79 Å². The lowest BCUT2D eigenvalue weighted by molar-refractivity contribution is 0.0933.